The number of rotatable bonds is 3. The SMILES string of the molecule is O=C(c1ccc2cc[nH]c2c1)N1CCC(Oc2cccc3cccnc23)CC1. The lowest BCUT2D eigenvalue weighted by Gasteiger charge is -2.32. The average molecular weight is 371 g/mol. The number of nitrogens with zero attached hydrogens (tertiary/aromatic N) is 2. The van der Waals surface area contributed by atoms with Gasteiger partial charge in [0, 0.05) is 54.8 Å². The monoisotopic (exact) mass is 371 g/mol. The Morgan fingerprint density at radius 2 is 1.89 bits per heavy atom. The minimum Gasteiger partial charge on any atom is -0.488 e. The van der Waals surface area contributed by atoms with Gasteiger partial charge in [-0.2, -0.15) is 0 Å². The van der Waals surface area contributed by atoms with Crippen molar-refractivity contribution in [3.8, 4) is 5.75 Å². The number of amides is 1. The standard InChI is InChI=1S/C23H21N3O2/c27-23(18-7-6-16-8-12-24-20(16)15-18)26-13-9-19(10-14-26)28-21-5-1-3-17-4-2-11-25-22(17)21/h1-8,11-12,15,19,24H,9-10,13-14H2. The van der Waals surface area contributed by atoms with Gasteiger partial charge < -0.3 is 14.6 Å². The lowest BCUT2D eigenvalue weighted by Crippen LogP contribution is -2.41. The molecule has 1 amide bonds. The van der Waals surface area contributed by atoms with Gasteiger partial charge in [0.2, 0.25) is 0 Å². The summed E-state index contributed by atoms with van der Waals surface area (Å²) in [7, 11) is 0. The van der Waals surface area contributed by atoms with Crippen LogP contribution >= 0.6 is 0 Å². The number of para-hydroxylation sites is 1. The number of hydrogen-bond donors (Lipinski definition) is 1. The van der Waals surface area contributed by atoms with Gasteiger partial charge in [0.25, 0.3) is 5.91 Å². The molecule has 1 aliphatic rings. The highest BCUT2D eigenvalue weighted by molar-refractivity contribution is 5.98. The molecule has 0 spiro atoms. The van der Waals surface area contributed by atoms with E-state index in [1.165, 1.54) is 0 Å². The number of carbonyl (C=O) groups excluding carboxylic acids is 1. The molecule has 140 valence electrons. The van der Waals surface area contributed by atoms with Crippen molar-refractivity contribution in [2.24, 2.45) is 0 Å². The lowest BCUT2D eigenvalue weighted by atomic mass is 10.1. The predicted molar refractivity (Wildman–Crippen MR) is 110 cm³/mol. The van der Waals surface area contributed by atoms with Crippen molar-refractivity contribution in [1.29, 1.82) is 0 Å². The van der Waals surface area contributed by atoms with Crippen LogP contribution in [0.2, 0.25) is 0 Å². The van der Waals surface area contributed by atoms with Crippen LogP contribution in [0.1, 0.15) is 23.2 Å². The van der Waals surface area contributed by atoms with E-state index < -0.39 is 0 Å². The third kappa shape index (κ3) is 3.09. The first kappa shape index (κ1) is 16.8. The number of aromatic amines is 1. The second kappa shape index (κ2) is 7.00. The smallest absolute Gasteiger partial charge is 0.253 e. The van der Waals surface area contributed by atoms with Crippen LogP contribution in [-0.4, -0.2) is 40.0 Å². The minimum atomic E-state index is 0.0850. The van der Waals surface area contributed by atoms with Gasteiger partial charge in [0.05, 0.1) is 0 Å². The van der Waals surface area contributed by atoms with E-state index in [0.717, 1.165) is 46.0 Å². The van der Waals surface area contributed by atoms with Crippen molar-refractivity contribution in [2.75, 3.05) is 13.1 Å². The fourth-order valence-corrected chi connectivity index (χ4v) is 3.89. The van der Waals surface area contributed by atoms with Crippen molar-refractivity contribution in [1.82, 2.24) is 14.9 Å². The zero-order valence-corrected chi connectivity index (χ0v) is 15.5. The summed E-state index contributed by atoms with van der Waals surface area (Å²) in [4.78, 5) is 22.4. The third-order valence-corrected chi connectivity index (χ3v) is 5.42. The topological polar surface area (TPSA) is 58.2 Å². The number of carbonyl (C=O) groups is 1. The lowest BCUT2D eigenvalue weighted by molar-refractivity contribution is 0.0598. The molecule has 2 aromatic heterocycles. The van der Waals surface area contributed by atoms with Crippen LogP contribution in [0.4, 0.5) is 0 Å². The Bertz CT molecular complexity index is 1140. The number of aromatic nitrogens is 2. The Balaban J connectivity index is 1.26. The zero-order chi connectivity index (χ0) is 18.9. The molecule has 5 nitrogen and oxygen atoms in total. The maximum absolute atomic E-state index is 12.9. The Morgan fingerprint density at radius 3 is 2.79 bits per heavy atom. The van der Waals surface area contributed by atoms with Gasteiger partial charge in [0.1, 0.15) is 17.4 Å². The average Bonchev–Trinajstić information content (AvgIpc) is 3.22. The summed E-state index contributed by atoms with van der Waals surface area (Å²) < 4.78 is 6.24. The van der Waals surface area contributed by atoms with E-state index in [4.69, 9.17) is 4.74 Å². The van der Waals surface area contributed by atoms with Crippen LogP contribution in [-0.2, 0) is 0 Å². The number of benzene rings is 2. The first-order valence-corrected chi connectivity index (χ1v) is 9.65. The van der Waals surface area contributed by atoms with E-state index in [2.05, 4.69) is 9.97 Å². The fourth-order valence-electron chi connectivity index (χ4n) is 3.89. The van der Waals surface area contributed by atoms with Crippen LogP contribution in [0.25, 0.3) is 21.8 Å². The van der Waals surface area contributed by atoms with E-state index in [0.29, 0.717) is 13.1 Å². The molecule has 5 heteroatoms. The molecule has 0 aliphatic carbocycles. The first-order valence-electron chi connectivity index (χ1n) is 9.65. The number of piperidine rings is 1. The number of likely N-dealkylation sites (tertiary alicyclic amines) is 1. The molecule has 0 radical (unpaired) electrons. The first-order chi connectivity index (χ1) is 13.8. The highest BCUT2D eigenvalue weighted by Crippen LogP contribution is 2.27. The highest BCUT2D eigenvalue weighted by atomic mass is 16.5. The van der Waals surface area contributed by atoms with Crippen molar-refractivity contribution in [3.05, 3.63) is 72.6 Å². The highest BCUT2D eigenvalue weighted by Gasteiger charge is 2.25. The number of hydrogen-bond acceptors (Lipinski definition) is 3. The van der Waals surface area contributed by atoms with E-state index in [1.807, 2.05) is 65.7 Å². The summed E-state index contributed by atoms with van der Waals surface area (Å²) in [5, 5.41) is 2.19. The second-order valence-electron chi connectivity index (χ2n) is 7.22. The molecule has 4 aromatic rings. The van der Waals surface area contributed by atoms with Crippen molar-refractivity contribution in [3.63, 3.8) is 0 Å². The summed E-state index contributed by atoms with van der Waals surface area (Å²) in [6, 6.07) is 17.8. The number of pyridine rings is 1. The molecule has 0 saturated carbocycles. The Labute approximate surface area is 162 Å². The largest absolute Gasteiger partial charge is 0.488 e. The molecular formula is C23H21N3O2. The fraction of sp³-hybridized carbons (Fsp3) is 0.217. The van der Waals surface area contributed by atoms with Crippen LogP contribution in [0.5, 0.6) is 5.75 Å². The summed E-state index contributed by atoms with van der Waals surface area (Å²) in [6.07, 6.45) is 5.42. The van der Waals surface area contributed by atoms with E-state index >= 15 is 0 Å². The summed E-state index contributed by atoms with van der Waals surface area (Å²) in [5.41, 5.74) is 2.61. The molecular weight excluding hydrogens is 350 g/mol. The number of nitrogens with one attached hydrogen (secondary N) is 1. The van der Waals surface area contributed by atoms with Crippen molar-refractivity contribution in [2.45, 2.75) is 18.9 Å². The zero-order valence-electron chi connectivity index (χ0n) is 15.5. The van der Waals surface area contributed by atoms with E-state index in [-0.39, 0.29) is 12.0 Å². The second-order valence-corrected chi connectivity index (χ2v) is 7.22. The van der Waals surface area contributed by atoms with Crippen LogP contribution < -0.4 is 4.74 Å². The Kier molecular flexibility index (Phi) is 4.20. The maximum atomic E-state index is 12.9. The summed E-state index contributed by atoms with van der Waals surface area (Å²) in [6.45, 7) is 1.40. The van der Waals surface area contributed by atoms with Gasteiger partial charge in [-0.3, -0.25) is 9.78 Å². The molecule has 1 saturated heterocycles. The molecule has 0 unspecified atom stereocenters. The van der Waals surface area contributed by atoms with Gasteiger partial charge in [-0.15, -0.1) is 0 Å². The summed E-state index contributed by atoms with van der Waals surface area (Å²) >= 11 is 0. The molecule has 3 heterocycles. The van der Waals surface area contributed by atoms with Crippen molar-refractivity contribution < 1.29 is 9.53 Å². The molecule has 28 heavy (non-hydrogen) atoms. The Morgan fingerprint density at radius 1 is 1.04 bits per heavy atom. The number of H-pyrrole nitrogens is 1. The quantitative estimate of drug-likeness (QED) is 0.581. The van der Waals surface area contributed by atoms with Crippen molar-refractivity contribution >= 4 is 27.7 Å². The molecule has 1 aliphatic heterocycles. The van der Waals surface area contributed by atoms with Crippen LogP contribution in [0, 0.1) is 0 Å². The maximum Gasteiger partial charge on any atom is 0.253 e. The number of ether oxygens (including phenoxy) is 1. The molecule has 2 aromatic carbocycles. The molecule has 5 rings (SSSR count). The third-order valence-electron chi connectivity index (χ3n) is 5.42. The van der Waals surface area contributed by atoms with Gasteiger partial charge in [-0.05, 0) is 35.7 Å². The normalized spacial score (nSPS) is 15.2. The van der Waals surface area contributed by atoms with E-state index in [1.54, 1.807) is 6.20 Å². The molecule has 1 N–H and O–H groups in total. The van der Waals surface area contributed by atoms with Gasteiger partial charge in [-0.25, -0.2) is 0 Å². The van der Waals surface area contributed by atoms with Gasteiger partial charge in [-0.1, -0.05) is 24.3 Å². The molecule has 1 fully saturated rings. The predicted octanol–water partition coefficient (Wildman–Crippen LogP) is 4.40. The Hall–Kier alpha value is -3.34. The van der Waals surface area contributed by atoms with E-state index in [9.17, 15) is 4.79 Å². The molecule has 0 bridgehead atoms. The minimum absolute atomic E-state index is 0.0850. The van der Waals surface area contributed by atoms with Gasteiger partial charge in [0.15, 0.2) is 0 Å². The van der Waals surface area contributed by atoms with Crippen LogP contribution in [0.3, 0.4) is 0 Å². The summed E-state index contributed by atoms with van der Waals surface area (Å²) in [5.74, 6) is 0.904. The molecule has 0 atom stereocenters. The van der Waals surface area contributed by atoms with Crippen LogP contribution in [0.15, 0.2) is 67.0 Å². The number of fused-ring (bicyclic) bond motifs is 2. The van der Waals surface area contributed by atoms with Gasteiger partial charge >= 0.3 is 0 Å².